The highest BCUT2D eigenvalue weighted by Gasteiger charge is 2.21. The van der Waals surface area contributed by atoms with E-state index in [1.54, 1.807) is 7.11 Å². The first-order chi connectivity index (χ1) is 9.31. The van der Waals surface area contributed by atoms with E-state index in [0.717, 1.165) is 43.3 Å². The minimum Gasteiger partial charge on any atom is -0.492 e. The first-order valence-electron chi connectivity index (χ1n) is 6.91. The summed E-state index contributed by atoms with van der Waals surface area (Å²) in [5.41, 5.74) is 1.11. The number of para-hydroxylation sites is 1. The van der Waals surface area contributed by atoms with Gasteiger partial charge in [0, 0.05) is 25.8 Å². The van der Waals surface area contributed by atoms with Crippen LogP contribution < -0.4 is 10.1 Å². The largest absolute Gasteiger partial charge is 0.492 e. The predicted molar refractivity (Wildman–Crippen MR) is 77.9 cm³/mol. The van der Waals surface area contributed by atoms with Crippen LogP contribution in [0.25, 0.3) is 0 Å². The lowest BCUT2D eigenvalue weighted by atomic mass is 10.2. The van der Waals surface area contributed by atoms with Crippen LogP contribution in [0.5, 0.6) is 5.75 Å². The summed E-state index contributed by atoms with van der Waals surface area (Å²) >= 11 is 6.22. The predicted octanol–water partition coefficient (Wildman–Crippen LogP) is 3.25. The van der Waals surface area contributed by atoms with E-state index in [2.05, 4.69) is 11.4 Å². The van der Waals surface area contributed by atoms with Gasteiger partial charge in [-0.05, 0) is 18.4 Å². The molecule has 0 amide bonds. The van der Waals surface area contributed by atoms with Crippen LogP contribution in [-0.2, 0) is 11.3 Å². The van der Waals surface area contributed by atoms with E-state index in [4.69, 9.17) is 21.1 Å². The number of nitrogens with one attached hydrogen (secondary N) is 1. The highest BCUT2D eigenvalue weighted by Crippen LogP contribution is 2.34. The van der Waals surface area contributed by atoms with Gasteiger partial charge in [0.25, 0.3) is 0 Å². The molecule has 1 aliphatic rings. The van der Waals surface area contributed by atoms with Gasteiger partial charge in [0.2, 0.25) is 0 Å². The van der Waals surface area contributed by atoms with Crippen molar-refractivity contribution in [2.75, 3.05) is 26.9 Å². The fraction of sp³-hybridized carbons (Fsp3) is 0.600. The second kappa shape index (κ2) is 7.73. The second-order valence-electron chi connectivity index (χ2n) is 4.98. The van der Waals surface area contributed by atoms with Crippen LogP contribution in [0.3, 0.4) is 0 Å². The summed E-state index contributed by atoms with van der Waals surface area (Å²) in [5, 5.41) is 4.01. The van der Waals surface area contributed by atoms with Crippen molar-refractivity contribution >= 4 is 11.6 Å². The van der Waals surface area contributed by atoms with E-state index in [-0.39, 0.29) is 0 Å². The molecule has 0 bridgehead atoms. The summed E-state index contributed by atoms with van der Waals surface area (Å²) < 4.78 is 10.9. The summed E-state index contributed by atoms with van der Waals surface area (Å²) in [6.07, 6.45) is 3.86. The molecule has 19 heavy (non-hydrogen) atoms. The number of hydrogen-bond donors (Lipinski definition) is 1. The maximum absolute atomic E-state index is 6.22. The molecule has 4 heteroatoms. The minimum atomic E-state index is 0.696. The highest BCUT2D eigenvalue weighted by atomic mass is 35.5. The number of ether oxygens (including phenoxy) is 2. The Labute approximate surface area is 120 Å². The average molecular weight is 284 g/mol. The van der Waals surface area contributed by atoms with E-state index >= 15 is 0 Å². The zero-order valence-electron chi connectivity index (χ0n) is 11.5. The van der Waals surface area contributed by atoms with Crippen molar-refractivity contribution in [3.63, 3.8) is 0 Å². The third-order valence-corrected chi connectivity index (χ3v) is 3.61. The van der Waals surface area contributed by atoms with E-state index in [9.17, 15) is 0 Å². The fourth-order valence-electron chi connectivity index (χ4n) is 1.99. The van der Waals surface area contributed by atoms with Crippen molar-refractivity contribution < 1.29 is 9.47 Å². The van der Waals surface area contributed by atoms with E-state index in [1.807, 2.05) is 12.1 Å². The molecule has 106 valence electrons. The van der Waals surface area contributed by atoms with E-state index < -0.39 is 0 Å². The normalized spacial score (nSPS) is 14.6. The second-order valence-corrected chi connectivity index (χ2v) is 5.39. The van der Waals surface area contributed by atoms with Gasteiger partial charge in [0.05, 0.1) is 18.2 Å². The molecule has 0 radical (unpaired) electrons. The molecule has 1 aromatic carbocycles. The van der Waals surface area contributed by atoms with Crippen LogP contribution in [-0.4, -0.2) is 26.9 Å². The summed E-state index contributed by atoms with van der Waals surface area (Å²) in [7, 11) is 1.70. The lowest BCUT2D eigenvalue weighted by molar-refractivity contribution is 0.199. The molecule has 0 heterocycles. The molecule has 1 aromatic rings. The van der Waals surface area contributed by atoms with Crippen molar-refractivity contribution in [3.05, 3.63) is 28.8 Å². The molecule has 1 fully saturated rings. The molecule has 0 aromatic heterocycles. The topological polar surface area (TPSA) is 30.5 Å². The molecular formula is C15H22ClNO2. The first kappa shape index (κ1) is 14.6. The summed E-state index contributed by atoms with van der Waals surface area (Å²) in [6, 6.07) is 5.90. The van der Waals surface area contributed by atoms with Gasteiger partial charge in [-0.3, -0.25) is 0 Å². The Balaban J connectivity index is 1.86. The van der Waals surface area contributed by atoms with Crippen LogP contribution in [0, 0.1) is 5.92 Å². The zero-order chi connectivity index (χ0) is 13.5. The van der Waals surface area contributed by atoms with Crippen molar-refractivity contribution in [2.45, 2.75) is 25.8 Å². The number of methoxy groups -OCH3 is 1. The lowest BCUT2D eigenvalue weighted by Crippen LogP contribution is -2.19. The standard InChI is InChI=1S/C15H22ClNO2/c1-18-10-8-17-11-13-3-2-4-14(16)15(13)19-9-7-12-5-6-12/h2-4,12,17H,5-11H2,1H3. The van der Waals surface area contributed by atoms with Gasteiger partial charge in [-0.15, -0.1) is 0 Å². The van der Waals surface area contributed by atoms with Crippen molar-refractivity contribution in [1.82, 2.24) is 5.32 Å². The summed E-state index contributed by atoms with van der Waals surface area (Å²) in [6.45, 7) is 3.05. The Bertz CT molecular complexity index is 394. The number of rotatable bonds is 9. The molecule has 0 aliphatic heterocycles. The summed E-state index contributed by atoms with van der Waals surface area (Å²) in [5.74, 6) is 1.71. The Kier molecular flexibility index (Phi) is 5.95. The van der Waals surface area contributed by atoms with Crippen molar-refractivity contribution in [2.24, 2.45) is 5.92 Å². The molecule has 0 spiro atoms. The van der Waals surface area contributed by atoms with Gasteiger partial charge in [-0.2, -0.15) is 0 Å². The van der Waals surface area contributed by atoms with Crippen LogP contribution in [0.2, 0.25) is 5.02 Å². The third-order valence-electron chi connectivity index (χ3n) is 3.32. The maximum Gasteiger partial charge on any atom is 0.142 e. The van der Waals surface area contributed by atoms with Crippen LogP contribution in [0.15, 0.2) is 18.2 Å². The van der Waals surface area contributed by atoms with Gasteiger partial charge in [0.1, 0.15) is 5.75 Å². The van der Waals surface area contributed by atoms with Crippen LogP contribution in [0.4, 0.5) is 0 Å². The molecule has 0 atom stereocenters. The Morgan fingerprint density at radius 2 is 2.16 bits per heavy atom. The molecule has 1 aliphatic carbocycles. The molecular weight excluding hydrogens is 262 g/mol. The van der Waals surface area contributed by atoms with Crippen molar-refractivity contribution in [3.8, 4) is 5.75 Å². The van der Waals surface area contributed by atoms with E-state index in [1.165, 1.54) is 12.8 Å². The van der Waals surface area contributed by atoms with Gasteiger partial charge in [0.15, 0.2) is 0 Å². The van der Waals surface area contributed by atoms with Gasteiger partial charge in [-0.1, -0.05) is 36.6 Å². The molecule has 1 N–H and O–H groups in total. The summed E-state index contributed by atoms with van der Waals surface area (Å²) in [4.78, 5) is 0. The number of benzene rings is 1. The average Bonchev–Trinajstić information content (AvgIpc) is 3.21. The highest BCUT2D eigenvalue weighted by molar-refractivity contribution is 6.32. The zero-order valence-corrected chi connectivity index (χ0v) is 12.2. The molecule has 0 unspecified atom stereocenters. The Morgan fingerprint density at radius 3 is 2.89 bits per heavy atom. The SMILES string of the molecule is COCCNCc1cccc(Cl)c1OCCC1CC1. The van der Waals surface area contributed by atoms with Crippen molar-refractivity contribution in [1.29, 1.82) is 0 Å². The smallest absolute Gasteiger partial charge is 0.142 e. The molecule has 1 saturated carbocycles. The Hall–Kier alpha value is -0.770. The molecule has 3 nitrogen and oxygen atoms in total. The third kappa shape index (κ3) is 5.01. The van der Waals surface area contributed by atoms with Gasteiger partial charge < -0.3 is 14.8 Å². The van der Waals surface area contributed by atoms with Crippen LogP contribution in [0.1, 0.15) is 24.8 Å². The van der Waals surface area contributed by atoms with Gasteiger partial charge in [-0.25, -0.2) is 0 Å². The molecule has 2 rings (SSSR count). The van der Waals surface area contributed by atoms with Gasteiger partial charge >= 0.3 is 0 Å². The lowest BCUT2D eigenvalue weighted by Gasteiger charge is -2.13. The monoisotopic (exact) mass is 283 g/mol. The minimum absolute atomic E-state index is 0.696. The number of hydrogen-bond acceptors (Lipinski definition) is 3. The van der Waals surface area contributed by atoms with E-state index in [0.29, 0.717) is 11.6 Å². The molecule has 0 saturated heterocycles. The number of halogens is 1. The quantitative estimate of drug-likeness (QED) is 0.706. The maximum atomic E-state index is 6.22. The fourth-order valence-corrected chi connectivity index (χ4v) is 2.23. The van der Waals surface area contributed by atoms with Crippen LogP contribution >= 0.6 is 11.6 Å². The Morgan fingerprint density at radius 1 is 1.32 bits per heavy atom. The first-order valence-corrected chi connectivity index (χ1v) is 7.29.